The molecule has 1 saturated heterocycles. The van der Waals surface area contributed by atoms with Gasteiger partial charge in [0.15, 0.2) is 11.5 Å². The van der Waals surface area contributed by atoms with Gasteiger partial charge in [0.25, 0.3) is 0 Å². The number of hydrogen-bond acceptors (Lipinski definition) is 7. The van der Waals surface area contributed by atoms with Crippen molar-refractivity contribution in [3.05, 3.63) is 73.3 Å². The summed E-state index contributed by atoms with van der Waals surface area (Å²) in [5, 5.41) is 8.32. The third-order valence-corrected chi connectivity index (χ3v) is 6.20. The van der Waals surface area contributed by atoms with E-state index in [0.29, 0.717) is 11.5 Å². The van der Waals surface area contributed by atoms with Gasteiger partial charge >= 0.3 is 0 Å². The third-order valence-electron chi connectivity index (χ3n) is 6.20. The smallest absolute Gasteiger partial charge is 0.181 e. The molecular formula is C26H24N10. The molecule has 1 aliphatic rings. The molecule has 4 N–H and O–H groups in total. The molecule has 36 heavy (non-hydrogen) atoms. The van der Waals surface area contributed by atoms with Crippen LogP contribution in [0.3, 0.4) is 0 Å². The number of rotatable bonds is 5. The maximum absolute atomic E-state index is 5.95. The van der Waals surface area contributed by atoms with Crippen molar-refractivity contribution in [1.82, 2.24) is 40.0 Å². The SMILES string of the molecule is C=CC(=N/C(=C\C)c1cnc2n[nH]c(-c3nc4c(-c5cccnc5)nccc4[nH]3)c2c1)N1CC(N)C1. The summed E-state index contributed by atoms with van der Waals surface area (Å²) in [6.45, 7) is 7.42. The zero-order valence-corrected chi connectivity index (χ0v) is 19.7. The lowest BCUT2D eigenvalue weighted by atomic mass is 10.1. The number of nitrogens with one attached hydrogen (secondary N) is 2. The molecule has 6 heterocycles. The van der Waals surface area contributed by atoms with E-state index in [0.717, 1.165) is 63.6 Å². The van der Waals surface area contributed by atoms with E-state index in [9.17, 15) is 0 Å². The number of H-pyrrole nitrogens is 2. The maximum Gasteiger partial charge on any atom is 0.181 e. The molecular weight excluding hydrogens is 452 g/mol. The van der Waals surface area contributed by atoms with E-state index in [-0.39, 0.29) is 6.04 Å². The Morgan fingerprint density at radius 2 is 2.11 bits per heavy atom. The Morgan fingerprint density at radius 3 is 2.86 bits per heavy atom. The molecule has 1 aliphatic heterocycles. The first-order valence-electron chi connectivity index (χ1n) is 11.6. The van der Waals surface area contributed by atoms with Crippen molar-refractivity contribution in [1.29, 1.82) is 0 Å². The number of imidazole rings is 1. The fourth-order valence-electron chi connectivity index (χ4n) is 4.35. The summed E-state index contributed by atoms with van der Waals surface area (Å²) in [6.07, 6.45) is 10.8. The number of nitrogens with zero attached hydrogens (tertiary/aromatic N) is 7. The van der Waals surface area contributed by atoms with Gasteiger partial charge in [-0.25, -0.2) is 15.0 Å². The van der Waals surface area contributed by atoms with Crippen LogP contribution in [0.25, 0.3) is 50.5 Å². The van der Waals surface area contributed by atoms with Crippen LogP contribution in [-0.4, -0.2) is 65.0 Å². The number of fused-ring (bicyclic) bond motifs is 2. The standard InChI is InChI=1S/C26H24N10/c1-3-19(31-21(4-2)36-13-17(27)14-36)16-10-18-23(34-35-25(18)30-12-16)26-32-20-7-9-29-22(24(20)33-26)15-6-5-8-28-11-15/h3-12,17H,2,13-14,27H2,1H3,(H,32,33)(H,30,34,35)/b19-3-,31-21?. The largest absolute Gasteiger partial charge is 0.353 e. The monoisotopic (exact) mass is 476 g/mol. The van der Waals surface area contributed by atoms with Crippen LogP contribution in [0.2, 0.25) is 0 Å². The summed E-state index contributed by atoms with van der Waals surface area (Å²) >= 11 is 0. The average molecular weight is 477 g/mol. The first-order chi connectivity index (χ1) is 17.6. The fraction of sp³-hybridized carbons (Fsp3) is 0.154. The van der Waals surface area contributed by atoms with Gasteiger partial charge in [-0.2, -0.15) is 5.10 Å². The van der Waals surface area contributed by atoms with Gasteiger partial charge in [0.1, 0.15) is 17.0 Å². The quantitative estimate of drug-likeness (QED) is 0.260. The molecule has 0 atom stereocenters. The third kappa shape index (κ3) is 3.73. The highest BCUT2D eigenvalue weighted by Crippen LogP contribution is 2.31. The van der Waals surface area contributed by atoms with E-state index in [4.69, 9.17) is 15.7 Å². The maximum atomic E-state index is 5.95. The molecule has 10 nitrogen and oxygen atoms in total. The molecule has 10 heteroatoms. The lowest BCUT2D eigenvalue weighted by molar-refractivity contribution is 0.256. The molecule has 0 spiro atoms. The summed E-state index contributed by atoms with van der Waals surface area (Å²) in [6, 6.07) is 7.95. The number of aliphatic imine (C=N–C) groups is 1. The molecule has 178 valence electrons. The molecule has 0 unspecified atom stereocenters. The van der Waals surface area contributed by atoms with Crippen molar-refractivity contribution < 1.29 is 0 Å². The number of allylic oxidation sites excluding steroid dienone is 1. The van der Waals surface area contributed by atoms with Crippen LogP contribution in [-0.2, 0) is 0 Å². The Balaban J connectivity index is 1.41. The van der Waals surface area contributed by atoms with Crippen molar-refractivity contribution in [3.63, 3.8) is 0 Å². The minimum atomic E-state index is 0.174. The topological polar surface area (TPSA) is 138 Å². The summed E-state index contributed by atoms with van der Waals surface area (Å²) in [5.74, 6) is 1.45. The number of nitrogens with two attached hydrogens (primary N) is 1. The van der Waals surface area contributed by atoms with E-state index >= 15 is 0 Å². The second-order valence-electron chi connectivity index (χ2n) is 8.59. The van der Waals surface area contributed by atoms with Crippen molar-refractivity contribution >= 4 is 33.6 Å². The highest BCUT2D eigenvalue weighted by molar-refractivity contribution is 5.98. The van der Waals surface area contributed by atoms with Gasteiger partial charge in [0, 0.05) is 55.0 Å². The molecule has 0 radical (unpaired) electrons. The number of hydrogen-bond donors (Lipinski definition) is 3. The Morgan fingerprint density at radius 1 is 1.22 bits per heavy atom. The summed E-state index contributed by atoms with van der Waals surface area (Å²) < 4.78 is 0. The van der Waals surface area contributed by atoms with E-state index in [2.05, 4.69) is 41.6 Å². The lowest BCUT2D eigenvalue weighted by Gasteiger charge is -2.38. The van der Waals surface area contributed by atoms with Crippen LogP contribution >= 0.6 is 0 Å². The van der Waals surface area contributed by atoms with Crippen molar-refractivity contribution in [2.75, 3.05) is 13.1 Å². The molecule has 0 saturated carbocycles. The van der Waals surface area contributed by atoms with Crippen LogP contribution in [0.1, 0.15) is 12.5 Å². The van der Waals surface area contributed by atoms with E-state index in [1.807, 2.05) is 37.3 Å². The number of likely N-dealkylation sites (tertiary alicyclic amines) is 1. The minimum Gasteiger partial charge on any atom is -0.353 e. The number of amidine groups is 1. The summed E-state index contributed by atoms with van der Waals surface area (Å²) in [4.78, 5) is 28.5. The Kier molecular flexibility index (Phi) is 5.34. The predicted molar refractivity (Wildman–Crippen MR) is 141 cm³/mol. The molecule has 0 aromatic carbocycles. The van der Waals surface area contributed by atoms with Gasteiger partial charge in [0.05, 0.1) is 22.3 Å². The second kappa shape index (κ2) is 8.82. The Bertz CT molecular complexity index is 1640. The lowest BCUT2D eigenvalue weighted by Crippen LogP contribution is -2.57. The average Bonchev–Trinajstić information content (AvgIpc) is 3.52. The number of pyridine rings is 3. The van der Waals surface area contributed by atoms with Crippen molar-refractivity contribution in [2.45, 2.75) is 13.0 Å². The molecule has 5 aromatic heterocycles. The van der Waals surface area contributed by atoms with Crippen LogP contribution in [0.4, 0.5) is 0 Å². The fourth-order valence-corrected chi connectivity index (χ4v) is 4.35. The van der Waals surface area contributed by atoms with Crippen LogP contribution in [0, 0.1) is 0 Å². The van der Waals surface area contributed by atoms with Crippen LogP contribution in [0.5, 0.6) is 0 Å². The van der Waals surface area contributed by atoms with Gasteiger partial charge in [-0.15, -0.1) is 0 Å². The van der Waals surface area contributed by atoms with Gasteiger partial charge < -0.3 is 15.6 Å². The van der Waals surface area contributed by atoms with Gasteiger partial charge in [-0.3, -0.25) is 15.1 Å². The molecule has 5 aromatic rings. The number of aromatic nitrogens is 7. The van der Waals surface area contributed by atoms with Crippen molar-refractivity contribution in [2.24, 2.45) is 10.7 Å². The summed E-state index contributed by atoms with van der Waals surface area (Å²) in [7, 11) is 0. The van der Waals surface area contributed by atoms with E-state index in [1.165, 1.54) is 0 Å². The second-order valence-corrected chi connectivity index (χ2v) is 8.59. The normalized spacial score (nSPS) is 15.0. The summed E-state index contributed by atoms with van der Waals surface area (Å²) in [5.41, 5.74) is 12.2. The van der Waals surface area contributed by atoms with Gasteiger partial charge in [0.2, 0.25) is 0 Å². The molecule has 0 aliphatic carbocycles. The van der Waals surface area contributed by atoms with Crippen LogP contribution < -0.4 is 5.73 Å². The van der Waals surface area contributed by atoms with Gasteiger partial charge in [-0.05, 0) is 37.3 Å². The predicted octanol–water partition coefficient (Wildman–Crippen LogP) is 3.55. The minimum absolute atomic E-state index is 0.174. The molecule has 1 fully saturated rings. The van der Waals surface area contributed by atoms with E-state index < -0.39 is 0 Å². The Hall–Kier alpha value is -4.70. The van der Waals surface area contributed by atoms with Gasteiger partial charge in [-0.1, -0.05) is 12.7 Å². The highest BCUT2D eigenvalue weighted by atomic mass is 15.3. The molecule has 6 rings (SSSR count). The highest BCUT2D eigenvalue weighted by Gasteiger charge is 2.25. The molecule has 0 bridgehead atoms. The zero-order chi connectivity index (χ0) is 24.6. The van der Waals surface area contributed by atoms with Crippen LogP contribution in [0.15, 0.2) is 72.8 Å². The number of aromatic amines is 2. The zero-order valence-electron chi connectivity index (χ0n) is 19.7. The van der Waals surface area contributed by atoms with Crippen molar-refractivity contribution in [3.8, 4) is 22.8 Å². The molecule has 0 amide bonds. The Labute approximate surface area is 206 Å². The first-order valence-corrected chi connectivity index (χ1v) is 11.6. The van der Waals surface area contributed by atoms with E-state index in [1.54, 1.807) is 30.9 Å². The first kappa shape index (κ1) is 21.8.